The van der Waals surface area contributed by atoms with Crippen LogP contribution in [0, 0.1) is 22.0 Å². The van der Waals surface area contributed by atoms with Crippen molar-refractivity contribution in [3.63, 3.8) is 0 Å². The van der Waals surface area contributed by atoms with E-state index < -0.39 is 4.92 Å². The van der Waals surface area contributed by atoms with Gasteiger partial charge in [-0.15, -0.1) is 0 Å². The highest BCUT2D eigenvalue weighted by Crippen LogP contribution is 2.29. The minimum Gasteiger partial charge on any atom is -0.358 e. The van der Waals surface area contributed by atoms with E-state index in [0.717, 1.165) is 10.2 Å². The molecule has 1 aliphatic rings. The van der Waals surface area contributed by atoms with E-state index in [-0.39, 0.29) is 11.7 Å². The van der Waals surface area contributed by atoms with Crippen molar-refractivity contribution in [2.45, 2.75) is 13.3 Å². The van der Waals surface area contributed by atoms with E-state index in [0.29, 0.717) is 62.8 Å². The average molecular weight is 625 g/mol. The molecular weight excluding hydrogens is 600 g/mol. The van der Waals surface area contributed by atoms with Crippen LogP contribution in [0.1, 0.15) is 13.3 Å². The number of aliphatic imine (C=N–C) groups is 1. The van der Waals surface area contributed by atoms with Crippen molar-refractivity contribution >= 4 is 67.4 Å². The Bertz CT molecular complexity index is 1660. The molecule has 1 aliphatic heterocycles. The third-order valence-electron chi connectivity index (χ3n) is 5.82. The van der Waals surface area contributed by atoms with Gasteiger partial charge in [-0.1, -0.05) is 17.5 Å². The van der Waals surface area contributed by atoms with Crippen LogP contribution in [-0.4, -0.2) is 63.2 Å². The van der Waals surface area contributed by atoms with E-state index in [9.17, 15) is 14.9 Å². The van der Waals surface area contributed by atoms with Crippen molar-refractivity contribution in [3.8, 4) is 11.8 Å². The molecule has 0 radical (unpaired) electrons. The van der Waals surface area contributed by atoms with E-state index >= 15 is 0 Å². The molecule has 13 heteroatoms. The number of halogens is 2. The number of benzene rings is 1. The highest BCUT2D eigenvalue weighted by atomic mass is 79.9. The Balaban J connectivity index is 1.41. The molecule has 0 saturated carbocycles. The van der Waals surface area contributed by atoms with Crippen molar-refractivity contribution in [1.82, 2.24) is 15.0 Å². The number of carbonyl (C=O) groups excluding carboxylic acids is 1. The van der Waals surface area contributed by atoms with Crippen molar-refractivity contribution in [3.05, 3.63) is 79.9 Å². The van der Waals surface area contributed by atoms with Gasteiger partial charge >= 0.3 is 5.82 Å². The molecule has 2 N–H and O–H groups in total. The predicted molar refractivity (Wildman–Crippen MR) is 159 cm³/mol. The summed E-state index contributed by atoms with van der Waals surface area (Å²) in [5.41, 5.74) is 2.44. The summed E-state index contributed by atoms with van der Waals surface area (Å²) in [5.74, 6) is 5.89. The maximum absolute atomic E-state index is 12.6. The van der Waals surface area contributed by atoms with Gasteiger partial charge in [0.25, 0.3) is 0 Å². The number of hydrogen-bond donors (Lipinski definition) is 2. The second-order valence-corrected chi connectivity index (χ2v) is 10.8. The van der Waals surface area contributed by atoms with E-state index in [1.807, 2.05) is 26.2 Å². The Morgan fingerprint density at radius 1 is 1.27 bits per heavy atom. The number of amides is 1. The van der Waals surface area contributed by atoms with Gasteiger partial charge in [0, 0.05) is 21.6 Å². The van der Waals surface area contributed by atoms with Crippen LogP contribution in [0.4, 0.5) is 17.3 Å². The summed E-state index contributed by atoms with van der Waals surface area (Å²) in [6.45, 7) is 2.52. The molecule has 1 aromatic carbocycles. The third-order valence-corrected chi connectivity index (χ3v) is 7.06. The molecule has 0 aliphatic carbocycles. The van der Waals surface area contributed by atoms with E-state index in [1.54, 1.807) is 31.3 Å². The molecule has 40 heavy (non-hydrogen) atoms. The van der Waals surface area contributed by atoms with E-state index in [1.165, 1.54) is 12.4 Å². The second-order valence-electron chi connectivity index (χ2n) is 9.53. The summed E-state index contributed by atoms with van der Waals surface area (Å²) in [4.78, 5) is 40.5. The fourth-order valence-electron chi connectivity index (χ4n) is 4.07. The van der Waals surface area contributed by atoms with Crippen LogP contribution in [-0.2, 0) is 4.79 Å². The first-order valence-electron chi connectivity index (χ1n) is 12.0. The molecular formula is C27H25BrClN8O3+. The predicted octanol–water partition coefficient (Wildman–Crippen LogP) is 5.11. The van der Waals surface area contributed by atoms with Gasteiger partial charge in [0.1, 0.15) is 24.5 Å². The molecule has 0 atom stereocenters. The lowest BCUT2D eigenvalue weighted by Crippen LogP contribution is -2.41. The topological polar surface area (TPSA) is 135 Å². The number of likely N-dealkylation sites (N-methyl/N-ethyl adjacent to an activating group) is 1. The third kappa shape index (κ3) is 7.26. The summed E-state index contributed by atoms with van der Waals surface area (Å²) >= 11 is 9.58. The van der Waals surface area contributed by atoms with E-state index in [2.05, 4.69) is 58.3 Å². The average Bonchev–Trinajstić information content (AvgIpc) is 3.28. The molecule has 11 nitrogen and oxygen atoms in total. The van der Waals surface area contributed by atoms with Crippen LogP contribution < -0.4 is 10.6 Å². The molecule has 0 spiro atoms. The molecule has 204 valence electrons. The Labute approximate surface area is 244 Å². The fourth-order valence-corrected chi connectivity index (χ4v) is 4.50. The van der Waals surface area contributed by atoms with Crippen molar-refractivity contribution in [1.29, 1.82) is 0 Å². The number of rotatable bonds is 9. The zero-order valence-electron chi connectivity index (χ0n) is 21.9. The molecule has 1 amide bonds. The van der Waals surface area contributed by atoms with Crippen molar-refractivity contribution in [2.24, 2.45) is 4.99 Å². The van der Waals surface area contributed by atoms with E-state index in [4.69, 9.17) is 11.6 Å². The molecule has 2 aromatic heterocycles. The van der Waals surface area contributed by atoms with Gasteiger partial charge in [-0.05, 0) is 69.0 Å². The standard InChI is InChI=1S/C27H24BrClN8O3/c1-4-6-18-11-17(27(34-18)36(39)40)15-37(2,3)10-5-7-25(38)35-24-13-20-23(14-30-24)31-16-32-26(20)33-19-8-9-21(28)22(29)12-19/h5,7-9,12-14,16H,10-11,15H2,1-3H3,(H-,30,31,32,33,35,38)/p+1/b7-5+. The quantitative estimate of drug-likeness (QED) is 0.111. The van der Waals surface area contributed by atoms with Gasteiger partial charge in [-0.25, -0.2) is 15.0 Å². The molecule has 3 heterocycles. The largest absolute Gasteiger partial charge is 0.369 e. The van der Waals surface area contributed by atoms with Crippen LogP contribution in [0.15, 0.2) is 69.8 Å². The summed E-state index contributed by atoms with van der Waals surface area (Å²) in [7, 11) is 3.85. The van der Waals surface area contributed by atoms with Gasteiger partial charge in [-0.3, -0.25) is 4.79 Å². The van der Waals surface area contributed by atoms with Crippen molar-refractivity contribution in [2.75, 3.05) is 37.8 Å². The van der Waals surface area contributed by atoms with Gasteiger partial charge in [-0.2, -0.15) is 0 Å². The van der Waals surface area contributed by atoms with Gasteiger partial charge in [0.15, 0.2) is 0 Å². The molecule has 0 bridgehead atoms. The summed E-state index contributed by atoms with van der Waals surface area (Å²) in [5, 5.41) is 18.6. The first kappa shape index (κ1) is 28.8. The SMILES string of the molecule is CC#CC1=NC([N+](=O)[O-])=C(C[N+](C)(C)C/C=C/C(=O)Nc2cc3c(Nc4ccc(Br)c(Cl)c4)ncnc3cn2)C1. The second kappa shape index (κ2) is 12.3. The maximum atomic E-state index is 12.6. The highest BCUT2D eigenvalue weighted by molar-refractivity contribution is 9.10. The molecule has 4 rings (SSSR count). The number of nitrogens with zero attached hydrogens (tertiary/aromatic N) is 6. The number of carbonyl (C=O) groups is 1. The van der Waals surface area contributed by atoms with Crippen LogP contribution in [0.2, 0.25) is 5.02 Å². The summed E-state index contributed by atoms with van der Waals surface area (Å²) in [6, 6.07) is 7.13. The Kier molecular flexibility index (Phi) is 8.89. The number of pyridine rings is 1. The molecule has 0 fully saturated rings. The monoisotopic (exact) mass is 623 g/mol. The molecule has 0 saturated heterocycles. The number of nitrogens with one attached hydrogen (secondary N) is 2. The minimum absolute atomic E-state index is 0.144. The van der Waals surface area contributed by atoms with Gasteiger partial charge in [0.05, 0.1) is 49.4 Å². The highest BCUT2D eigenvalue weighted by Gasteiger charge is 2.32. The first-order chi connectivity index (χ1) is 19.0. The van der Waals surface area contributed by atoms with Crippen LogP contribution in [0.25, 0.3) is 10.9 Å². The lowest BCUT2D eigenvalue weighted by Gasteiger charge is -2.28. The summed E-state index contributed by atoms with van der Waals surface area (Å²) in [6.07, 6.45) is 6.47. The number of fused-ring (bicyclic) bond motifs is 1. The smallest absolute Gasteiger partial charge is 0.358 e. The van der Waals surface area contributed by atoms with Crippen LogP contribution in [0.5, 0.6) is 0 Å². The number of nitro groups is 1. The Morgan fingerprint density at radius 3 is 2.80 bits per heavy atom. The number of hydrogen-bond acceptors (Lipinski definition) is 8. The zero-order chi connectivity index (χ0) is 28.9. The maximum Gasteiger partial charge on any atom is 0.369 e. The minimum atomic E-state index is -0.473. The number of quaternary nitrogens is 1. The van der Waals surface area contributed by atoms with Crippen molar-refractivity contribution < 1.29 is 14.2 Å². The normalized spacial score (nSPS) is 13.3. The summed E-state index contributed by atoms with van der Waals surface area (Å²) < 4.78 is 1.16. The zero-order valence-corrected chi connectivity index (χ0v) is 24.2. The molecule has 0 unspecified atom stereocenters. The Hall–Kier alpha value is -4.18. The number of anilines is 3. The molecule has 3 aromatic rings. The first-order valence-corrected chi connectivity index (χ1v) is 13.2. The fraction of sp³-hybridized carbons (Fsp3) is 0.222. The van der Waals surface area contributed by atoms with Gasteiger partial charge < -0.3 is 25.2 Å². The van der Waals surface area contributed by atoms with Gasteiger partial charge in [0.2, 0.25) is 11.6 Å². The number of aromatic nitrogens is 3. The van der Waals surface area contributed by atoms with Crippen LogP contribution >= 0.6 is 27.5 Å². The Morgan fingerprint density at radius 2 is 2.08 bits per heavy atom. The van der Waals surface area contributed by atoms with Crippen LogP contribution in [0.3, 0.4) is 0 Å². The lowest BCUT2D eigenvalue weighted by atomic mass is 10.1. The lowest BCUT2D eigenvalue weighted by molar-refractivity contribution is -0.880.